The van der Waals surface area contributed by atoms with E-state index in [1.54, 1.807) is 6.92 Å². The number of hydrogen-bond donors (Lipinski definition) is 3. The highest BCUT2D eigenvalue weighted by atomic mass is 32.2. The number of sulfonamides is 1. The zero-order valence-corrected chi connectivity index (χ0v) is 12.7. The van der Waals surface area contributed by atoms with Crippen molar-refractivity contribution < 1.29 is 23.1 Å². The van der Waals surface area contributed by atoms with Crippen molar-refractivity contribution in [1.29, 1.82) is 0 Å². The van der Waals surface area contributed by atoms with Crippen LogP contribution in [0.2, 0.25) is 0 Å². The first kappa shape index (κ1) is 16.6. The highest BCUT2D eigenvalue weighted by molar-refractivity contribution is 7.89. The predicted molar refractivity (Wildman–Crippen MR) is 76.6 cm³/mol. The molecule has 1 aromatic heterocycles. The van der Waals surface area contributed by atoms with Gasteiger partial charge in [-0.3, -0.25) is 4.79 Å². The molecule has 1 heterocycles. The smallest absolute Gasteiger partial charge is 0.345 e. The van der Waals surface area contributed by atoms with Crippen LogP contribution in [-0.2, 0) is 14.8 Å². The van der Waals surface area contributed by atoms with Crippen molar-refractivity contribution >= 4 is 38.2 Å². The summed E-state index contributed by atoms with van der Waals surface area (Å²) in [5.41, 5.74) is 0. The third-order valence-electron chi connectivity index (χ3n) is 2.29. The van der Waals surface area contributed by atoms with Gasteiger partial charge in [0.05, 0.1) is 16.8 Å². The van der Waals surface area contributed by atoms with Crippen molar-refractivity contribution in [2.24, 2.45) is 0 Å². The monoisotopic (exact) mass is 320 g/mol. The Hall–Kier alpha value is -1.45. The van der Waals surface area contributed by atoms with E-state index in [9.17, 15) is 18.0 Å². The molecule has 0 aliphatic heterocycles. The Balaban J connectivity index is 2.63. The van der Waals surface area contributed by atoms with E-state index in [-0.39, 0.29) is 10.6 Å². The highest BCUT2D eigenvalue weighted by Gasteiger charge is 2.20. The van der Waals surface area contributed by atoms with Gasteiger partial charge in [-0.1, -0.05) is 6.92 Å². The largest absolute Gasteiger partial charge is 0.477 e. The van der Waals surface area contributed by atoms with Gasteiger partial charge in [-0.15, -0.1) is 11.3 Å². The van der Waals surface area contributed by atoms with Gasteiger partial charge in [-0.25, -0.2) is 17.9 Å². The molecule has 7 nitrogen and oxygen atoms in total. The van der Waals surface area contributed by atoms with Gasteiger partial charge < -0.3 is 10.4 Å². The molecule has 1 aromatic rings. The van der Waals surface area contributed by atoms with E-state index in [4.69, 9.17) is 5.11 Å². The lowest BCUT2D eigenvalue weighted by Crippen LogP contribution is -2.42. The quantitative estimate of drug-likeness (QED) is 0.696. The summed E-state index contributed by atoms with van der Waals surface area (Å²) in [7, 11) is -3.48. The minimum absolute atomic E-state index is 0.0488. The lowest BCUT2D eigenvalue weighted by molar-refractivity contribution is -0.117. The molecule has 20 heavy (non-hydrogen) atoms. The number of nitrogens with one attached hydrogen (secondary N) is 2. The summed E-state index contributed by atoms with van der Waals surface area (Å²) in [6, 6.07) is 1.90. The summed E-state index contributed by atoms with van der Waals surface area (Å²) < 4.78 is 25.3. The molecule has 1 amide bonds. The molecule has 0 bridgehead atoms. The Morgan fingerprint density at radius 2 is 2.05 bits per heavy atom. The van der Waals surface area contributed by atoms with E-state index in [2.05, 4.69) is 10.0 Å². The molecular weight excluding hydrogens is 304 g/mol. The van der Waals surface area contributed by atoms with Crippen LogP contribution in [0.5, 0.6) is 0 Å². The molecule has 0 fully saturated rings. The highest BCUT2D eigenvalue weighted by Crippen LogP contribution is 2.21. The summed E-state index contributed by atoms with van der Waals surface area (Å²) in [5, 5.41) is 11.6. The van der Waals surface area contributed by atoms with E-state index in [0.29, 0.717) is 11.4 Å². The zero-order valence-electron chi connectivity index (χ0n) is 11.0. The van der Waals surface area contributed by atoms with Crippen LogP contribution in [0.3, 0.4) is 0 Å². The second-order valence-corrected chi connectivity index (χ2v) is 7.07. The fraction of sp³-hybridized carbons (Fsp3) is 0.455. The Labute approximate surface area is 121 Å². The molecule has 0 aliphatic carbocycles. The van der Waals surface area contributed by atoms with Gasteiger partial charge in [-0.2, -0.15) is 0 Å². The van der Waals surface area contributed by atoms with Crippen molar-refractivity contribution in [3.63, 3.8) is 0 Å². The molecule has 9 heteroatoms. The molecule has 1 unspecified atom stereocenters. The number of carbonyl (C=O) groups is 2. The second kappa shape index (κ2) is 6.82. The van der Waals surface area contributed by atoms with Crippen molar-refractivity contribution in [1.82, 2.24) is 4.72 Å². The van der Waals surface area contributed by atoms with Crippen LogP contribution in [0, 0.1) is 0 Å². The maximum absolute atomic E-state index is 11.8. The number of carboxylic acids is 1. The summed E-state index contributed by atoms with van der Waals surface area (Å²) in [4.78, 5) is 22.6. The molecule has 0 aliphatic rings. The van der Waals surface area contributed by atoms with E-state index < -0.39 is 27.9 Å². The standard InChI is InChI=1S/C11H16N2O5S2/c1-3-6-20(17,18)13-7(2)10(14)12-9-5-4-8(19-9)11(15)16/h4-5,7,13H,3,6H2,1-2H3,(H,12,14)(H,15,16). The molecule has 112 valence electrons. The van der Waals surface area contributed by atoms with Gasteiger partial charge >= 0.3 is 5.97 Å². The number of carbonyl (C=O) groups excluding carboxylic acids is 1. The third kappa shape index (κ3) is 4.91. The first-order chi connectivity index (χ1) is 9.25. The summed E-state index contributed by atoms with van der Waals surface area (Å²) in [5.74, 6) is -1.66. The normalized spacial score (nSPS) is 12.9. The van der Waals surface area contributed by atoms with Crippen molar-refractivity contribution in [3.05, 3.63) is 17.0 Å². The molecule has 0 saturated heterocycles. The lowest BCUT2D eigenvalue weighted by atomic mass is 10.3. The molecule has 0 spiro atoms. The van der Waals surface area contributed by atoms with Crippen LogP contribution < -0.4 is 10.0 Å². The number of anilines is 1. The Bertz CT molecular complexity index is 594. The van der Waals surface area contributed by atoms with Gasteiger partial charge in [-0.05, 0) is 25.5 Å². The van der Waals surface area contributed by atoms with Gasteiger partial charge in [0.1, 0.15) is 4.88 Å². The summed E-state index contributed by atoms with van der Waals surface area (Å²) in [6.45, 7) is 3.15. The number of aromatic carboxylic acids is 1. The average molecular weight is 320 g/mol. The molecular formula is C11H16N2O5S2. The van der Waals surface area contributed by atoms with Crippen LogP contribution in [-0.4, -0.2) is 37.2 Å². The molecule has 0 radical (unpaired) electrons. The van der Waals surface area contributed by atoms with E-state index in [1.807, 2.05) is 0 Å². The molecule has 0 saturated carbocycles. The summed E-state index contributed by atoms with van der Waals surface area (Å²) in [6.07, 6.45) is 0.455. The fourth-order valence-corrected chi connectivity index (χ4v) is 3.45. The number of carboxylic acid groups (broad SMARTS) is 1. The number of hydrogen-bond acceptors (Lipinski definition) is 5. The van der Waals surface area contributed by atoms with Gasteiger partial charge in [0.25, 0.3) is 0 Å². The third-order valence-corrected chi connectivity index (χ3v) is 4.93. The molecule has 0 aromatic carbocycles. The van der Waals surface area contributed by atoms with Crippen molar-refractivity contribution in [3.8, 4) is 0 Å². The van der Waals surface area contributed by atoms with Gasteiger partial charge in [0.2, 0.25) is 15.9 Å². The Morgan fingerprint density at radius 1 is 1.40 bits per heavy atom. The fourth-order valence-electron chi connectivity index (χ4n) is 1.40. The van der Waals surface area contributed by atoms with Gasteiger partial charge in [0.15, 0.2) is 0 Å². The van der Waals surface area contributed by atoms with E-state index in [1.165, 1.54) is 19.1 Å². The number of rotatable bonds is 7. The molecule has 1 atom stereocenters. The Kier molecular flexibility index (Phi) is 5.66. The van der Waals surface area contributed by atoms with Crippen LogP contribution in [0.4, 0.5) is 5.00 Å². The maximum Gasteiger partial charge on any atom is 0.345 e. The second-order valence-electron chi connectivity index (χ2n) is 4.12. The molecule has 1 rings (SSSR count). The number of amides is 1. The average Bonchev–Trinajstić information content (AvgIpc) is 2.76. The minimum Gasteiger partial charge on any atom is -0.477 e. The van der Waals surface area contributed by atoms with Gasteiger partial charge in [0, 0.05) is 0 Å². The van der Waals surface area contributed by atoms with Crippen LogP contribution in [0.25, 0.3) is 0 Å². The van der Waals surface area contributed by atoms with E-state index in [0.717, 1.165) is 11.3 Å². The van der Waals surface area contributed by atoms with Crippen LogP contribution in [0.15, 0.2) is 12.1 Å². The topological polar surface area (TPSA) is 113 Å². The lowest BCUT2D eigenvalue weighted by Gasteiger charge is -2.13. The van der Waals surface area contributed by atoms with Crippen molar-refractivity contribution in [2.45, 2.75) is 26.3 Å². The SMILES string of the molecule is CCCS(=O)(=O)NC(C)C(=O)Nc1ccc(C(=O)O)s1. The van der Waals surface area contributed by atoms with Crippen molar-refractivity contribution in [2.75, 3.05) is 11.1 Å². The first-order valence-corrected chi connectivity index (χ1v) is 8.36. The first-order valence-electron chi connectivity index (χ1n) is 5.89. The van der Waals surface area contributed by atoms with Crippen LogP contribution >= 0.6 is 11.3 Å². The Morgan fingerprint density at radius 3 is 2.55 bits per heavy atom. The molecule has 3 N–H and O–H groups in total. The zero-order chi connectivity index (χ0) is 15.3. The predicted octanol–water partition coefficient (Wildman–Crippen LogP) is 1.10. The maximum atomic E-state index is 11.8. The van der Waals surface area contributed by atoms with E-state index >= 15 is 0 Å². The number of thiophene rings is 1. The summed E-state index contributed by atoms with van der Waals surface area (Å²) >= 11 is 0.906. The minimum atomic E-state index is -3.48. The van der Waals surface area contributed by atoms with Crippen LogP contribution in [0.1, 0.15) is 29.9 Å².